The SMILES string of the molecule is CCS(=O)(=O)N1CCC(C(=O)NC2CC3CC2C2CCCC32)CC1. The summed E-state index contributed by atoms with van der Waals surface area (Å²) in [5.74, 6) is 3.70. The molecule has 4 rings (SSSR count). The monoisotopic (exact) mass is 354 g/mol. The van der Waals surface area contributed by atoms with Gasteiger partial charge in [0.15, 0.2) is 0 Å². The smallest absolute Gasteiger partial charge is 0.223 e. The lowest BCUT2D eigenvalue weighted by Gasteiger charge is -2.34. The lowest BCUT2D eigenvalue weighted by Crippen LogP contribution is -2.48. The van der Waals surface area contributed by atoms with Gasteiger partial charge >= 0.3 is 0 Å². The summed E-state index contributed by atoms with van der Waals surface area (Å²) in [4.78, 5) is 12.7. The minimum absolute atomic E-state index is 0.00759. The number of nitrogens with one attached hydrogen (secondary N) is 1. The maximum absolute atomic E-state index is 12.7. The number of sulfonamides is 1. The highest BCUT2D eigenvalue weighted by molar-refractivity contribution is 7.89. The third-order valence-electron chi connectivity index (χ3n) is 7.34. The van der Waals surface area contributed by atoms with Crippen LogP contribution in [-0.2, 0) is 14.8 Å². The van der Waals surface area contributed by atoms with Crippen LogP contribution in [0.2, 0.25) is 0 Å². The van der Waals surface area contributed by atoms with Crippen molar-refractivity contribution in [2.24, 2.45) is 29.6 Å². The Bertz CT molecular complexity index is 597. The number of rotatable bonds is 4. The molecule has 5 nitrogen and oxygen atoms in total. The van der Waals surface area contributed by atoms with Gasteiger partial charge in [0.2, 0.25) is 15.9 Å². The zero-order valence-electron chi connectivity index (χ0n) is 14.6. The van der Waals surface area contributed by atoms with Crippen molar-refractivity contribution in [3.8, 4) is 0 Å². The number of nitrogens with zero attached hydrogens (tertiary/aromatic N) is 1. The molecule has 1 heterocycles. The molecule has 1 amide bonds. The Kier molecular flexibility index (Phi) is 4.40. The highest BCUT2D eigenvalue weighted by Gasteiger charge is 2.54. The lowest BCUT2D eigenvalue weighted by molar-refractivity contribution is -0.127. The second kappa shape index (κ2) is 6.27. The Hall–Kier alpha value is -0.620. The van der Waals surface area contributed by atoms with Gasteiger partial charge in [-0.05, 0) is 69.1 Å². The van der Waals surface area contributed by atoms with Crippen LogP contribution in [0.1, 0.15) is 51.9 Å². The van der Waals surface area contributed by atoms with Gasteiger partial charge in [0, 0.05) is 25.0 Å². The molecule has 0 aromatic rings. The van der Waals surface area contributed by atoms with Crippen molar-refractivity contribution < 1.29 is 13.2 Å². The van der Waals surface area contributed by atoms with Gasteiger partial charge in [-0.2, -0.15) is 0 Å². The van der Waals surface area contributed by atoms with Crippen molar-refractivity contribution >= 4 is 15.9 Å². The fourth-order valence-electron chi connectivity index (χ4n) is 6.11. The first-order chi connectivity index (χ1) is 11.5. The van der Waals surface area contributed by atoms with Gasteiger partial charge in [-0.15, -0.1) is 0 Å². The summed E-state index contributed by atoms with van der Waals surface area (Å²) >= 11 is 0. The van der Waals surface area contributed by atoms with Gasteiger partial charge < -0.3 is 5.32 Å². The number of fused-ring (bicyclic) bond motifs is 5. The third-order valence-corrected chi connectivity index (χ3v) is 9.22. The summed E-state index contributed by atoms with van der Waals surface area (Å²) < 4.78 is 25.4. The Labute approximate surface area is 145 Å². The summed E-state index contributed by atoms with van der Waals surface area (Å²) in [7, 11) is -3.11. The molecule has 5 unspecified atom stereocenters. The van der Waals surface area contributed by atoms with Crippen molar-refractivity contribution in [3.63, 3.8) is 0 Å². The fourth-order valence-corrected chi connectivity index (χ4v) is 7.25. The molecule has 4 fully saturated rings. The van der Waals surface area contributed by atoms with Crippen LogP contribution in [0.15, 0.2) is 0 Å². The fraction of sp³-hybridized carbons (Fsp3) is 0.944. The van der Waals surface area contributed by atoms with Crippen LogP contribution in [0.4, 0.5) is 0 Å². The van der Waals surface area contributed by atoms with Crippen LogP contribution in [0.5, 0.6) is 0 Å². The molecule has 136 valence electrons. The van der Waals surface area contributed by atoms with E-state index in [1.165, 1.54) is 32.1 Å². The van der Waals surface area contributed by atoms with Gasteiger partial charge in [0.05, 0.1) is 5.75 Å². The van der Waals surface area contributed by atoms with Gasteiger partial charge in [-0.3, -0.25) is 4.79 Å². The summed E-state index contributed by atoms with van der Waals surface area (Å²) in [6.45, 7) is 2.67. The highest BCUT2D eigenvalue weighted by Crippen LogP contribution is 2.58. The molecule has 2 bridgehead atoms. The van der Waals surface area contributed by atoms with E-state index < -0.39 is 10.0 Å². The molecule has 1 N–H and O–H groups in total. The number of hydrogen-bond acceptors (Lipinski definition) is 3. The number of amides is 1. The Morgan fingerprint density at radius 1 is 1.04 bits per heavy atom. The second-order valence-corrected chi connectivity index (χ2v) is 10.6. The van der Waals surface area contributed by atoms with Gasteiger partial charge in [-0.25, -0.2) is 12.7 Å². The number of piperidine rings is 1. The van der Waals surface area contributed by atoms with Gasteiger partial charge in [-0.1, -0.05) is 6.42 Å². The van der Waals surface area contributed by atoms with E-state index in [9.17, 15) is 13.2 Å². The number of carbonyl (C=O) groups excluding carboxylic acids is 1. The number of hydrogen-bond donors (Lipinski definition) is 1. The average molecular weight is 355 g/mol. The van der Waals surface area contributed by atoms with E-state index in [1.54, 1.807) is 11.2 Å². The minimum atomic E-state index is -3.11. The van der Waals surface area contributed by atoms with Crippen molar-refractivity contribution in [2.75, 3.05) is 18.8 Å². The maximum Gasteiger partial charge on any atom is 0.223 e. The maximum atomic E-state index is 12.7. The van der Waals surface area contributed by atoms with Crippen molar-refractivity contribution in [1.82, 2.24) is 9.62 Å². The first-order valence-corrected chi connectivity index (χ1v) is 11.4. The summed E-state index contributed by atoms with van der Waals surface area (Å²) in [6, 6.07) is 0.388. The van der Waals surface area contributed by atoms with E-state index in [4.69, 9.17) is 0 Å². The minimum Gasteiger partial charge on any atom is -0.353 e. The van der Waals surface area contributed by atoms with E-state index in [-0.39, 0.29) is 17.6 Å². The Balaban J connectivity index is 1.31. The van der Waals surface area contributed by atoms with Crippen LogP contribution < -0.4 is 5.32 Å². The molecule has 24 heavy (non-hydrogen) atoms. The molecular formula is C18H30N2O3S. The Morgan fingerprint density at radius 2 is 1.75 bits per heavy atom. The van der Waals surface area contributed by atoms with Crippen LogP contribution in [0, 0.1) is 29.6 Å². The standard InChI is InChI=1S/C18H30N2O3S/c1-2-24(22,23)20-8-6-12(7-9-20)18(21)19-17-11-13-10-16(17)15-5-3-4-14(13)15/h12-17H,2-11H2,1H3,(H,19,21). The predicted octanol–water partition coefficient (Wildman–Crippen LogP) is 1.99. The average Bonchev–Trinajstić information content (AvgIpc) is 3.27. The molecule has 3 saturated carbocycles. The lowest BCUT2D eigenvalue weighted by atomic mass is 9.79. The molecule has 0 radical (unpaired) electrons. The van der Waals surface area contributed by atoms with E-state index in [0.29, 0.717) is 37.9 Å². The first kappa shape index (κ1) is 16.8. The van der Waals surface area contributed by atoms with E-state index >= 15 is 0 Å². The van der Waals surface area contributed by atoms with Crippen LogP contribution in [0.3, 0.4) is 0 Å². The topological polar surface area (TPSA) is 66.5 Å². The predicted molar refractivity (Wildman–Crippen MR) is 92.7 cm³/mol. The molecule has 0 aromatic heterocycles. The molecule has 6 heteroatoms. The van der Waals surface area contributed by atoms with Gasteiger partial charge in [0.25, 0.3) is 0 Å². The molecule has 0 aromatic carbocycles. The van der Waals surface area contributed by atoms with Crippen LogP contribution in [-0.4, -0.2) is 43.5 Å². The van der Waals surface area contributed by atoms with Crippen molar-refractivity contribution in [1.29, 1.82) is 0 Å². The zero-order valence-corrected chi connectivity index (χ0v) is 15.4. The molecule has 3 aliphatic carbocycles. The summed E-state index contributed by atoms with van der Waals surface area (Å²) in [5.41, 5.74) is 0. The second-order valence-electron chi connectivity index (χ2n) is 8.34. The molecule has 0 spiro atoms. The Morgan fingerprint density at radius 3 is 2.46 bits per heavy atom. The summed E-state index contributed by atoms with van der Waals surface area (Å²) in [6.07, 6.45) is 8.00. The molecule has 4 aliphatic rings. The van der Waals surface area contributed by atoms with Crippen LogP contribution in [0.25, 0.3) is 0 Å². The van der Waals surface area contributed by atoms with Crippen molar-refractivity contribution in [3.05, 3.63) is 0 Å². The number of carbonyl (C=O) groups is 1. The molecule has 1 aliphatic heterocycles. The van der Waals surface area contributed by atoms with Crippen LogP contribution >= 0.6 is 0 Å². The summed E-state index contributed by atoms with van der Waals surface area (Å²) in [5, 5.41) is 3.35. The third kappa shape index (κ3) is 2.79. The van der Waals surface area contributed by atoms with Crippen molar-refractivity contribution in [2.45, 2.75) is 57.9 Å². The largest absolute Gasteiger partial charge is 0.353 e. The molecule has 5 atom stereocenters. The zero-order chi connectivity index (χ0) is 16.9. The van der Waals surface area contributed by atoms with E-state index in [1.807, 2.05) is 0 Å². The van der Waals surface area contributed by atoms with E-state index in [0.717, 1.165) is 17.8 Å². The molecule has 1 saturated heterocycles. The van der Waals surface area contributed by atoms with Gasteiger partial charge in [0.1, 0.15) is 0 Å². The quantitative estimate of drug-likeness (QED) is 0.839. The van der Waals surface area contributed by atoms with E-state index in [2.05, 4.69) is 5.32 Å². The highest BCUT2D eigenvalue weighted by atomic mass is 32.2. The first-order valence-electron chi connectivity index (χ1n) is 9.77. The molecular weight excluding hydrogens is 324 g/mol. The normalized spacial score (nSPS) is 40.0.